The number of fused-ring (bicyclic) bond motifs is 1. The molecule has 4 atom stereocenters. The van der Waals surface area contributed by atoms with Crippen LogP contribution in [0.2, 0.25) is 0 Å². The molecule has 7 heteroatoms. The third-order valence-corrected chi connectivity index (χ3v) is 8.02. The lowest BCUT2D eigenvalue weighted by atomic mass is 9.92. The molecule has 2 aromatic carbocycles. The van der Waals surface area contributed by atoms with Gasteiger partial charge in [-0.15, -0.1) is 0 Å². The Morgan fingerprint density at radius 2 is 1.82 bits per heavy atom. The zero-order valence-electron chi connectivity index (χ0n) is 19.2. The second-order valence-electron chi connectivity index (χ2n) is 10.2. The van der Waals surface area contributed by atoms with Crippen LogP contribution in [0.25, 0.3) is 0 Å². The first-order valence-electron chi connectivity index (χ1n) is 12.5. The van der Waals surface area contributed by atoms with Crippen LogP contribution >= 0.6 is 0 Å². The summed E-state index contributed by atoms with van der Waals surface area (Å²) in [5, 5.41) is 16.4. The maximum Gasteiger partial charge on any atom is 0.231 e. The lowest BCUT2D eigenvalue weighted by molar-refractivity contribution is -0.123. The lowest BCUT2D eigenvalue weighted by Crippen LogP contribution is -2.61. The number of hydrogen-bond acceptors (Lipinski definition) is 5. The van der Waals surface area contributed by atoms with E-state index in [1.165, 1.54) is 37.0 Å². The van der Waals surface area contributed by atoms with Crippen molar-refractivity contribution < 1.29 is 9.18 Å². The maximum absolute atomic E-state index is 14.6. The average Bonchev–Trinajstić information content (AvgIpc) is 3.60. The summed E-state index contributed by atoms with van der Waals surface area (Å²) in [4.78, 5) is 17.8. The molecule has 0 radical (unpaired) electrons. The minimum atomic E-state index is -0.557. The average molecular weight is 460 g/mol. The van der Waals surface area contributed by atoms with Crippen LogP contribution in [0.5, 0.6) is 0 Å². The molecule has 3 aliphatic heterocycles. The van der Waals surface area contributed by atoms with Crippen molar-refractivity contribution in [1.29, 1.82) is 5.26 Å². The molecule has 0 spiro atoms. The van der Waals surface area contributed by atoms with Gasteiger partial charge in [-0.2, -0.15) is 5.26 Å². The molecule has 4 unspecified atom stereocenters. The number of nitrogens with zero attached hydrogens (tertiary/aromatic N) is 3. The molecule has 0 aromatic heterocycles. The fourth-order valence-corrected chi connectivity index (χ4v) is 5.97. The molecule has 6 nitrogen and oxygen atoms in total. The van der Waals surface area contributed by atoms with Crippen LogP contribution < -0.4 is 15.5 Å². The van der Waals surface area contributed by atoms with Gasteiger partial charge < -0.3 is 5.32 Å². The van der Waals surface area contributed by atoms with E-state index in [0.717, 1.165) is 31.7 Å². The van der Waals surface area contributed by atoms with E-state index in [2.05, 4.69) is 27.7 Å². The number of rotatable bonds is 4. The molecule has 3 heterocycles. The number of amides is 1. The Labute approximate surface area is 199 Å². The molecule has 2 aromatic rings. The van der Waals surface area contributed by atoms with E-state index >= 15 is 0 Å². The maximum atomic E-state index is 14.6. The van der Waals surface area contributed by atoms with Gasteiger partial charge in [0.15, 0.2) is 0 Å². The zero-order chi connectivity index (χ0) is 23.2. The molecule has 2 N–H and O–H groups in total. The summed E-state index contributed by atoms with van der Waals surface area (Å²) in [7, 11) is 0. The summed E-state index contributed by atoms with van der Waals surface area (Å²) in [6.07, 6.45) is 4.49. The highest BCUT2D eigenvalue weighted by Crippen LogP contribution is 2.41. The Balaban J connectivity index is 1.31. The molecule has 3 saturated heterocycles. The SMILES string of the molecule is N#Cc1ccc(C2NC(N3CCC4NCCC4C3)CC(=O)N2c2ccc(C3CC3)cc2)cc1F. The third-order valence-electron chi connectivity index (χ3n) is 8.02. The minimum absolute atomic E-state index is 0.0126. The quantitative estimate of drug-likeness (QED) is 0.731. The van der Waals surface area contributed by atoms with E-state index in [-0.39, 0.29) is 17.6 Å². The van der Waals surface area contributed by atoms with Gasteiger partial charge >= 0.3 is 0 Å². The number of likely N-dealkylation sites (tertiary alicyclic amines) is 1. The van der Waals surface area contributed by atoms with Crippen LogP contribution in [0.4, 0.5) is 10.1 Å². The van der Waals surface area contributed by atoms with Crippen LogP contribution in [0.3, 0.4) is 0 Å². The van der Waals surface area contributed by atoms with Crippen LogP contribution in [0, 0.1) is 23.1 Å². The fraction of sp³-hybridized carbons (Fsp3) is 0.481. The highest BCUT2D eigenvalue weighted by molar-refractivity contribution is 5.95. The fourth-order valence-electron chi connectivity index (χ4n) is 5.97. The topological polar surface area (TPSA) is 71.4 Å². The van der Waals surface area contributed by atoms with Crippen LogP contribution in [-0.2, 0) is 4.79 Å². The summed E-state index contributed by atoms with van der Waals surface area (Å²) in [6, 6.07) is 15.4. The smallest absolute Gasteiger partial charge is 0.231 e. The molecule has 34 heavy (non-hydrogen) atoms. The number of benzene rings is 2. The van der Waals surface area contributed by atoms with Crippen LogP contribution in [-0.4, -0.2) is 42.6 Å². The van der Waals surface area contributed by atoms with Gasteiger partial charge in [0.05, 0.1) is 18.2 Å². The van der Waals surface area contributed by atoms with E-state index in [0.29, 0.717) is 29.9 Å². The van der Waals surface area contributed by atoms with Crippen molar-refractivity contribution in [3.8, 4) is 6.07 Å². The zero-order valence-corrected chi connectivity index (χ0v) is 19.2. The number of nitriles is 1. The summed E-state index contributed by atoms with van der Waals surface area (Å²) >= 11 is 0. The Morgan fingerprint density at radius 3 is 2.56 bits per heavy atom. The Bertz CT molecular complexity index is 1120. The molecule has 176 valence electrons. The number of nitrogens with one attached hydrogen (secondary N) is 2. The molecule has 1 aliphatic carbocycles. The van der Waals surface area contributed by atoms with Gasteiger partial charge in [-0.25, -0.2) is 4.39 Å². The van der Waals surface area contributed by atoms with Crippen molar-refractivity contribution in [3.05, 3.63) is 65.0 Å². The first-order valence-corrected chi connectivity index (χ1v) is 12.5. The Kier molecular flexibility index (Phi) is 5.60. The van der Waals surface area contributed by atoms with Gasteiger partial charge in [-0.3, -0.25) is 19.9 Å². The highest BCUT2D eigenvalue weighted by Gasteiger charge is 2.41. The van der Waals surface area contributed by atoms with Gasteiger partial charge in [-0.1, -0.05) is 18.2 Å². The number of hydrogen-bond donors (Lipinski definition) is 2. The number of piperidine rings is 1. The van der Waals surface area contributed by atoms with Crippen LogP contribution in [0.1, 0.15) is 60.9 Å². The van der Waals surface area contributed by atoms with Crippen molar-refractivity contribution in [3.63, 3.8) is 0 Å². The standard InChI is InChI=1S/C27H30FN5O/c28-23-13-19(3-4-20(23)15-29)27-31-25(32-12-10-24-21(16-32)9-11-30-24)14-26(34)33(27)22-7-5-18(6-8-22)17-1-2-17/h3-8,13,17,21,24-25,27,30-31H,1-2,9-12,14,16H2. The molecule has 4 fully saturated rings. The number of anilines is 1. The van der Waals surface area contributed by atoms with Crippen molar-refractivity contribution >= 4 is 11.6 Å². The molecule has 1 saturated carbocycles. The number of halogens is 1. The normalized spacial score (nSPS) is 29.6. The monoisotopic (exact) mass is 459 g/mol. The van der Waals surface area contributed by atoms with Crippen LogP contribution in [0.15, 0.2) is 42.5 Å². The third kappa shape index (κ3) is 4.00. The summed E-state index contributed by atoms with van der Waals surface area (Å²) in [6.45, 7) is 2.97. The number of carbonyl (C=O) groups is 1. The van der Waals surface area contributed by atoms with Crippen molar-refractivity contribution in [2.24, 2.45) is 5.92 Å². The van der Waals surface area contributed by atoms with E-state index in [9.17, 15) is 14.4 Å². The molecule has 6 rings (SSSR count). The summed E-state index contributed by atoms with van der Waals surface area (Å²) in [5.41, 5.74) is 2.79. The van der Waals surface area contributed by atoms with Gasteiger partial charge in [0.2, 0.25) is 5.91 Å². The van der Waals surface area contributed by atoms with Crippen molar-refractivity contribution in [2.45, 2.75) is 56.4 Å². The highest BCUT2D eigenvalue weighted by atomic mass is 19.1. The Hall–Kier alpha value is -2.79. The number of carbonyl (C=O) groups excluding carboxylic acids is 1. The second-order valence-corrected chi connectivity index (χ2v) is 10.2. The van der Waals surface area contributed by atoms with E-state index < -0.39 is 12.0 Å². The Morgan fingerprint density at radius 1 is 1.03 bits per heavy atom. The van der Waals surface area contributed by atoms with E-state index in [1.54, 1.807) is 11.0 Å². The summed E-state index contributed by atoms with van der Waals surface area (Å²) in [5.74, 6) is 0.733. The molecular formula is C27H30FN5O. The largest absolute Gasteiger partial charge is 0.314 e. The first kappa shape index (κ1) is 21.7. The molecule has 1 amide bonds. The van der Waals surface area contributed by atoms with E-state index in [1.807, 2.05) is 18.2 Å². The molecule has 4 aliphatic rings. The molecular weight excluding hydrogens is 429 g/mol. The van der Waals surface area contributed by atoms with Gasteiger partial charge in [0.25, 0.3) is 0 Å². The molecule has 0 bridgehead atoms. The minimum Gasteiger partial charge on any atom is -0.314 e. The second kappa shape index (κ2) is 8.77. The van der Waals surface area contributed by atoms with E-state index in [4.69, 9.17) is 0 Å². The van der Waals surface area contributed by atoms with Gasteiger partial charge in [0, 0.05) is 24.8 Å². The van der Waals surface area contributed by atoms with Crippen molar-refractivity contribution in [2.75, 3.05) is 24.5 Å². The van der Waals surface area contributed by atoms with Gasteiger partial charge in [-0.05, 0) is 79.5 Å². The van der Waals surface area contributed by atoms with Crippen molar-refractivity contribution in [1.82, 2.24) is 15.5 Å². The van der Waals surface area contributed by atoms with Gasteiger partial charge in [0.1, 0.15) is 18.1 Å². The lowest BCUT2D eigenvalue weighted by Gasteiger charge is -2.47. The first-order chi connectivity index (χ1) is 16.6. The predicted octanol–water partition coefficient (Wildman–Crippen LogP) is 3.61. The summed E-state index contributed by atoms with van der Waals surface area (Å²) < 4.78 is 14.6. The predicted molar refractivity (Wildman–Crippen MR) is 127 cm³/mol.